The zero-order valence-corrected chi connectivity index (χ0v) is 12.4. The fourth-order valence-electron chi connectivity index (χ4n) is 2.23. The molecular formula is C16H16ClNO3. The van der Waals surface area contributed by atoms with Crippen LogP contribution in [-0.4, -0.2) is 20.3 Å². The van der Waals surface area contributed by atoms with Gasteiger partial charge in [-0.1, -0.05) is 23.7 Å². The van der Waals surface area contributed by atoms with Crippen molar-refractivity contribution < 1.29 is 14.2 Å². The minimum atomic E-state index is 0.542. The maximum atomic E-state index is 6.13. The Balaban J connectivity index is 1.81. The van der Waals surface area contributed by atoms with Crippen molar-refractivity contribution in [3.05, 3.63) is 47.0 Å². The monoisotopic (exact) mass is 305 g/mol. The predicted molar refractivity (Wildman–Crippen MR) is 82.8 cm³/mol. The van der Waals surface area contributed by atoms with E-state index in [4.69, 9.17) is 25.8 Å². The summed E-state index contributed by atoms with van der Waals surface area (Å²) < 4.78 is 16.6. The van der Waals surface area contributed by atoms with Crippen LogP contribution in [0, 0.1) is 0 Å². The Morgan fingerprint density at radius 1 is 1.19 bits per heavy atom. The summed E-state index contributed by atoms with van der Waals surface area (Å²) >= 11 is 6.13. The van der Waals surface area contributed by atoms with Gasteiger partial charge in [0.25, 0.3) is 0 Å². The average molecular weight is 306 g/mol. The topological polar surface area (TPSA) is 39.7 Å². The molecule has 1 N–H and O–H groups in total. The molecule has 0 bridgehead atoms. The number of fused-ring (bicyclic) bond motifs is 1. The molecule has 2 aromatic carbocycles. The van der Waals surface area contributed by atoms with Gasteiger partial charge in [-0.05, 0) is 29.8 Å². The molecule has 0 atom stereocenters. The Morgan fingerprint density at radius 3 is 2.81 bits per heavy atom. The number of anilines is 1. The molecular weight excluding hydrogens is 290 g/mol. The summed E-state index contributed by atoms with van der Waals surface area (Å²) in [4.78, 5) is 0. The Kier molecular flexibility index (Phi) is 4.06. The molecule has 0 aliphatic carbocycles. The van der Waals surface area contributed by atoms with Gasteiger partial charge in [0.05, 0.1) is 17.8 Å². The first-order valence-electron chi connectivity index (χ1n) is 6.73. The molecule has 0 fully saturated rings. The van der Waals surface area contributed by atoms with Crippen molar-refractivity contribution in [1.82, 2.24) is 0 Å². The Morgan fingerprint density at radius 2 is 2.00 bits per heavy atom. The van der Waals surface area contributed by atoms with E-state index in [-0.39, 0.29) is 0 Å². The van der Waals surface area contributed by atoms with E-state index in [9.17, 15) is 0 Å². The van der Waals surface area contributed by atoms with E-state index in [2.05, 4.69) is 5.32 Å². The van der Waals surface area contributed by atoms with Crippen molar-refractivity contribution in [2.24, 2.45) is 0 Å². The van der Waals surface area contributed by atoms with Gasteiger partial charge in [-0.15, -0.1) is 0 Å². The molecule has 5 heteroatoms. The number of halogens is 1. The third kappa shape index (κ3) is 3.00. The van der Waals surface area contributed by atoms with Crippen LogP contribution in [0.5, 0.6) is 17.2 Å². The molecule has 4 nitrogen and oxygen atoms in total. The molecule has 2 aromatic rings. The molecule has 1 aliphatic heterocycles. The first-order valence-corrected chi connectivity index (χ1v) is 7.10. The maximum Gasteiger partial charge on any atom is 0.203 e. The highest BCUT2D eigenvalue weighted by Gasteiger charge is 2.18. The first-order chi connectivity index (χ1) is 10.3. The van der Waals surface area contributed by atoms with Gasteiger partial charge in [-0.25, -0.2) is 0 Å². The van der Waals surface area contributed by atoms with Crippen molar-refractivity contribution in [3.8, 4) is 17.2 Å². The van der Waals surface area contributed by atoms with Crippen LogP contribution in [0.25, 0.3) is 0 Å². The summed E-state index contributed by atoms with van der Waals surface area (Å²) in [5.74, 6) is 2.07. The predicted octanol–water partition coefficient (Wildman–Crippen LogP) is 3.73. The standard InChI is InChI=1S/C16H16ClNO3/c1-19-14-8-11(9-15-16(14)21-7-6-20-15)10-18-13-5-3-2-4-12(13)17/h2-5,8-9,18H,6-7,10H2,1H3. The van der Waals surface area contributed by atoms with Crippen LogP contribution in [0.2, 0.25) is 5.02 Å². The summed E-state index contributed by atoms with van der Waals surface area (Å²) in [7, 11) is 1.62. The van der Waals surface area contributed by atoms with E-state index in [1.807, 2.05) is 36.4 Å². The van der Waals surface area contributed by atoms with Crippen LogP contribution >= 0.6 is 11.6 Å². The lowest BCUT2D eigenvalue weighted by atomic mass is 10.1. The average Bonchev–Trinajstić information content (AvgIpc) is 2.53. The maximum absolute atomic E-state index is 6.13. The molecule has 21 heavy (non-hydrogen) atoms. The Labute approximate surface area is 128 Å². The normalized spacial score (nSPS) is 12.9. The zero-order valence-electron chi connectivity index (χ0n) is 11.7. The second-order valence-electron chi connectivity index (χ2n) is 4.66. The second-order valence-corrected chi connectivity index (χ2v) is 5.06. The third-order valence-corrected chi connectivity index (χ3v) is 3.57. The van der Waals surface area contributed by atoms with Crippen molar-refractivity contribution in [2.45, 2.75) is 6.54 Å². The highest BCUT2D eigenvalue weighted by Crippen LogP contribution is 2.40. The van der Waals surface area contributed by atoms with Gasteiger partial charge in [0.1, 0.15) is 13.2 Å². The number of ether oxygens (including phenoxy) is 3. The molecule has 0 aromatic heterocycles. The van der Waals surface area contributed by atoms with Gasteiger partial charge in [-0.2, -0.15) is 0 Å². The summed E-state index contributed by atoms with van der Waals surface area (Å²) in [6.07, 6.45) is 0. The molecule has 0 spiro atoms. The molecule has 1 aliphatic rings. The van der Waals surface area contributed by atoms with Gasteiger partial charge >= 0.3 is 0 Å². The van der Waals surface area contributed by atoms with E-state index in [1.54, 1.807) is 7.11 Å². The Bertz CT molecular complexity index is 628. The van der Waals surface area contributed by atoms with Crippen LogP contribution in [0.4, 0.5) is 5.69 Å². The van der Waals surface area contributed by atoms with E-state index in [1.165, 1.54) is 0 Å². The number of hydrogen-bond acceptors (Lipinski definition) is 4. The molecule has 110 valence electrons. The molecule has 3 rings (SSSR count). The molecule has 0 amide bonds. The number of benzene rings is 2. The van der Waals surface area contributed by atoms with Gasteiger partial charge in [0.15, 0.2) is 11.5 Å². The third-order valence-electron chi connectivity index (χ3n) is 3.24. The van der Waals surface area contributed by atoms with Crippen LogP contribution < -0.4 is 19.5 Å². The fourth-order valence-corrected chi connectivity index (χ4v) is 2.43. The summed E-state index contributed by atoms with van der Waals surface area (Å²) in [5, 5.41) is 4.00. The molecule has 0 saturated carbocycles. The minimum absolute atomic E-state index is 0.542. The fraction of sp³-hybridized carbons (Fsp3) is 0.250. The molecule has 0 saturated heterocycles. The minimum Gasteiger partial charge on any atom is -0.493 e. The van der Waals surface area contributed by atoms with Gasteiger partial charge in [0.2, 0.25) is 5.75 Å². The van der Waals surface area contributed by atoms with Crippen LogP contribution in [0.3, 0.4) is 0 Å². The number of hydrogen-bond donors (Lipinski definition) is 1. The lowest BCUT2D eigenvalue weighted by Gasteiger charge is -2.21. The largest absolute Gasteiger partial charge is 0.493 e. The van der Waals surface area contributed by atoms with E-state index in [0.29, 0.717) is 36.3 Å². The summed E-state index contributed by atoms with van der Waals surface area (Å²) in [6.45, 7) is 1.72. The molecule has 1 heterocycles. The zero-order chi connectivity index (χ0) is 14.7. The van der Waals surface area contributed by atoms with Crippen molar-refractivity contribution in [2.75, 3.05) is 25.6 Å². The quantitative estimate of drug-likeness (QED) is 0.934. The van der Waals surface area contributed by atoms with Crippen LogP contribution in [0.1, 0.15) is 5.56 Å². The number of rotatable bonds is 4. The van der Waals surface area contributed by atoms with Crippen molar-refractivity contribution in [1.29, 1.82) is 0 Å². The van der Waals surface area contributed by atoms with Crippen LogP contribution in [-0.2, 0) is 6.54 Å². The smallest absolute Gasteiger partial charge is 0.203 e. The van der Waals surface area contributed by atoms with Gasteiger partial charge in [-0.3, -0.25) is 0 Å². The SMILES string of the molecule is COc1cc(CNc2ccccc2Cl)cc2c1OCCO2. The molecule has 0 radical (unpaired) electrons. The lowest BCUT2D eigenvalue weighted by Crippen LogP contribution is -2.16. The summed E-state index contributed by atoms with van der Waals surface area (Å²) in [6, 6.07) is 11.5. The summed E-state index contributed by atoms with van der Waals surface area (Å²) in [5.41, 5.74) is 1.93. The van der Waals surface area contributed by atoms with Crippen molar-refractivity contribution in [3.63, 3.8) is 0 Å². The van der Waals surface area contributed by atoms with E-state index < -0.39 is 0 Å². The highest BCUT2D eigenvalue weighted by molar-refractivity contribution is 6.33. The van der Waals surface area contributed by atoms with Gasteiger partial charge in [0, 0.05) is 6.54 Å². The lowest BCUT2D eigenvalue weighted by molar-refractivity contribution is 0.165. The van der Waals surface area contributed by atoms with E-state index in [0.717, 1.165) is 17.0 Å². The number of methoxy groups -OCH3 is 1. The van der Waals surface area contributed by atoms with Crippen molar-refractivity contribution >= 4 is 17.3 Å². The second kappa shape index (κ2) is 6.14. The highest BCUT2D eigenvalue weighted by atomic mass is 35.5. The number of nitrogens with one attached hydrogen (secondary N) is 1. The van der Waals surface area contributed by atoms with E-state index >= 15 is 0 Å². The molecule has 0 unspecified atom stereocenters. The first kappa shape index (κ1) is 13.9. The van der Waals surface area contributed by atoms with Gasteiger partial charge < -0.3 is 19.5 Å². The number of para-hydroxylation sites is 1. The van der Waals surface area contributed by atoms with Crippen LogP contribution in [0.15, 0.2) is 36.4 Å². The Hall–Kier alpha value is -2.07.